The lowest BCUT2D eigenvalue weighted by Crippen LogP contribution is -3.12. The molecule has 0 saturated carbocycles. The molecule has 29 heavy (non-hydrogen) atoms. The molecular formula is C21H23ClFN4O2+. The molecule has 0 fully saturated rings. The lowest BCUT2D eigenvalue weighted by atomic mass is 10.2. The number of carbonyl (C=O) groups is 1. The maximum atomic E-state index is 13.9. The summed E-state index contributed by atoms with van der Waals surface area (Å²) in [4.78, 5) is 33.0. The van der Waals surface area contributed by atoms with Crippen molar-refractivity contribution in [2.75, 3.05) is 18.4 Å². The number of amides is 1. The zero-order valence-electron chi connectivity index (χ0n) is 16.1. The van der Waals surface area contributed by atoms with Gasteiger partial charge in [0.1, 0.15) is 12.4 Å². The van der Waals surface area contributed by atoms with E-state index in [2.05, 4.69) is 22.2 Å². The highest BCUT2D eigenvalue weighted by molar-refractivity contribution is 6.30. The van der Waals surface area contributed by atoms with Gasteiger partial charge in [-0.1, -0.05) is 37.1 Å². The van der Waals surface area contributed by atoms with Crippen LogP contribution in [0.2, 0.25) is 5.02 Å². The molecule has 0 spiro atoms. The lowest BCUT2D eigenvalue weighted by Gasteiger charge is -2.18. The first-order chi connectivity index (χ1) is 14.0. The summed E-state index contributed by atoms with van der Waals surface area (Å²) in [5, 5.41) is 3.38. The Balaban J connectivity index is 1.74. The number of anilines is 1. The number of hydrogen-bond acceptors (Lipinski definition) is 3. The van der Waals surface area contributed by atoms with Crippen molar-refractivity contribution in [2.24, 2.45) is 0 Å². The normalized spacial score (nSPS) is 12.1. The largest absolute Gasteiger partial charge is 0.321 e. The van der Waals surface area contributed by atoms with Gasteiger partial charge in [0.25, 0.3) is 11.5 Å². The maximum Gasteiger partial charge on any atom is 0.279 e. The van der Waals surface area contributed by atoms with E-state index < -0.39 is 5.82 Å². The Kier molecular flexibility index (Phi) is 6.95. The number of H-pyrrole nitrogens is 1. The van der Waals surface area contributed by atoms with Gasteiger partial charge in [0.05, 0.1) is 23.1 Å². The smallest absolute Gasteiger partial charge is 0.279 e. The molecule has 3 N–H and O–H groups in total. The molecule has 1 aromatic heterocycles. The van der Waals surface area contributed by atoms with Gasteiger partial charge in [0, 0.05) is 5.02 Å². The van der Waals surface area contributed by atoms with Crippen molar-refractivity contribution in [3.63, 3.8) is 0 Å². The number of aromatic nitrogens is 2. The fraction of sp³-hybridized carbons (Fsp3) is 0.286. The molecule has 0 aliphatic rings. The Labute approximate surface area is 172 Å². The predicted molar refractivity (Wildman–Crippen MR) is 112 cm³/mol. The predicted octanol–water partition coefficient (Wildman–Crippen LogP) is 2.54. The summed E-state index contributed by atoms with van der Waals surface area (Å²) >= 11 is 5.75. The molecule has 6 nitrogen and oxygen atoms in total. The second kappa shape index (κ2) is 9.62. The number of hydrogen-bond donors (Lipinski definition) is 3. The van der Waals surface area contributed by atoms with Gasteiger partial charge >= 0.3 is 0 Å². The molecule has 1 amide bonds. The van der Waals surface area contributed by atoms with E-state index in [1.807, 2.05) is 6.07 Å². The van der Waals surface area contributed by atoms with Gasteiger partial charge in [-0.15, -0.1) is 0 Å². The number of benzene rings is 2. The number of rotatable bonds is 8. The van der Waals surface area contributed by atoms with Crippen molar-refractivity contribution in [3.8, 4) is 0 Å². The summed E-state index contributed by atoms with van der Waals surface area (Å²) in [6.45, 7) is 3.30. The average Bonchev–Trinajstić information content (AvgIpc) is 2.68. The third-order valence-electron chi connectivity index (χ3n) is 4.58. The number of carbonyl (C=O) groups excluding carboxylic acids is 1. The molecule has 0 bridgehead atoms. The van der Waals surface area contributed by atoms with Crippen LogP contribution >= 0.6 is 11.6 Å². The molecule has 0 saturated heterocycles. The summed E-state index contributed by atoms with van der Waals surface area (Å²) in [6, 6.07) is 11.2. The van der Waals surface area contributed by atoms with E-state index in [0.29, 0.717) is 23.3 Å². The van der Waals surface area contributed by atoms with Crippen LogP contribution in [-0.4, -0.2) is 29.0 Å². The molecule has 152 valence electrons. The zero-order valence-corrected chi connectivity index (χ0v) is 16.9. The SMILES string of the molecule is CCCC[NH+](CC(=O)Nc1ccc(Cl)cc1F)Cc1nc2ccccc2c(=O)[nH]1. The number of quaternary nitrogens is 1. The molecule has 0 aliphatic carbocycles. The van der Waals surface area contributed by atoms with E-state index in [1.165, 1.54) is 12.1 Å². The second-order valence-corrected chi connectivity index (χ2v) is 7.35. The van der Waals surface area contributed by atoms with Gasteiger partial charge in [-0.3, -0.25) is 9.59 Å². The van der Waals surface area contributed by atoms with Crippen LogP contribution in [0, 0.1) is 5.82 Å². The topological polar surface area (TPSA) is 79.3 Å². The Morgan fingerprint density at radius 3 is 2.83 bits per heavy atom. The molecule has 1 atom stereocenters. The average molecular weight is 418 g/mol. The Bertz CT molecular complexity index is 1070. The first-order valence-corrected chi connectivity index (χ1v) is 9.90. The Hall–Kier alpha value is -2.77. The van der Waals surface area contributed by atoms with Crippen LogP contribution in [0.3, 0.4) is 0 Å². The highest BCUT2D eigenvalue weighted by Crippen LogP contribution is 2.18. The Morgan fingerprint density at radius 1 is 1.28 bits per heavy atom. The van der Waals surface area contributed by atoms with Crippen LogP contribution in [0.4, 0.5) is 10.1 Å². The third kappa shape index (κ3) is 5.62. The summed E-state index contributed by atoms with van der Waals surface area (Å²) in [7, 11) is 0. The fourth-order valence-electron chi connectivity index (χ4n) is 3.13. The van der Waals surface area contributed by atoms with Crippen molar-refractivity contribution < 1.29 is 14.1 Å². The maximum absolute atomic E-state index is 13.9. The van der Waals surface area contributed by atoms with Gasteiger partial charge < -0.3 is 15.2 Å². The van der Waals surface area contributed by atoms with Crippen molar-refractivity contribution in [1.82, 2.24) is 9.97 Å². The number of nitrogens with one attached hydrogen (secondary N) is 3. The fourth-order valence-corrected chi connectivity index (χ4v) is 3.29. The standard InChI is InChI=1S/C21H22ClFN4O2/c1-2-3-10-27(13-20(28)25-18-9-8-14(22)11-16(18)23)12-19-24-17-7-5-4-6-15(17)21(29)26-19/h4-9,11H,2-3,10,12-13H2,1H3,(H,25,28)(H,24,26,29)/p+1. The minimum atomic E-state index is -0.582. The highest BCUT2D eigenvalue weighted by Gasteiger charge is 2.18. The minimum absolute atomic E-state index is 0.0893. The van der Waals surface area contributed by atoms with E-state index in [0.717, 1.165) is 30.4 Å². The monoisotopic (exact) mass is 417 g/mol. The van der Waals surface area contributed by atoms with E-state index in [4.69, 9.17) is 11.6 Å². The van der Waals surface area contributed by atoms with Gasteiger partial charge in [0.15, 0.2) is 12.4 Å². The summed E-state index contributed by atoms with van der Waals surface area (Å²) in [6.07, 6.45) is 1.88. The highest BCUT2D eigenvalue weighted by atomic mass is 35.5. The van der Waals surface area contributed by atoms with Gasteiger partial charge in [0.2, 0.25) is 0 Å². The number of unbranched alkanes of at least 4 members (excludes halogenated alkanes) is 1. The lowest BCUT2D eigenvalue weighted by molar-refractivity contribution is -0.906. The second-order valence-electron chi connectivity index (χ2n) is 6.91. The van der Waals surface area contributed by atoms with E-state index in [1.54, 1.807) is 18.2 Å². The number of para-hydroxylation sites is 1. The van der Waals surface area contributed by atoms with Crippen LogP contribution in [0.1, 0.15) is 25.6 Å². The zero-order chi connectivity index (χ0) is 20.8. The molecular weight excluding hydrogens is 395 g/mol. The van der Waals surface area contributed by atoms with Crippen LogP contribution in [0.15, 0.2) is 47.3 Å². The van der Waals surface area contributed by atoms with Gasteiger partial charge in [-0.2, -0.15) is 0 Å². The quantitative estimate of drug-likeness (QED) is 0.527. The van der Waals surface area contributed by atoms with Gasteiger partial charge in [-0.05, 0) is 36.8 Å². The Morgan fingerprint density at radius 2 is 2.07 bits per heavy atom. The minimum Gasteiger partial charge on any atom is -0.321 e. The number of aromatic amines is 1. The van der Waals surface area contributed by atoms with Crippen LogP contribution < -0.4 is 15.8 Å². The van der Waals surface area contributed by atoms with E-state index in [9.17, 15) is 14.0 Å². The van der Waals surface area contributed by atoms with E-state index >= 15 is 0 Å². The molecule has 1 heterocycles. The van der Waals surface area contributed by atoms with Crippen LogP contribution in [0.5, 0.6) is 0 Å². The molecule has 0 aliphatic heterocycles. The van der Waals surface area contributed by atoms with Crippen molar-refractivity contribution in [3.05, 3.63) is 69.5 Å². The first kappa shape index (κ1) is 21.0. The van der Waals surface area contributed by atoms with Crippen molar-refractivity contribution in [1.29, 1.82) is 0 Å². The molecule has 2 aromatic carbocycles. The van der Waals surface area contributed by atoms with Crippen LogP contribution in [-0.2, 0) is 11.3 Å². The number of nitrogens with zero attached hydrogens (tertiary/aromatic N) is 1. The summed E-state index contributed by atoms with van der Waals surface area (Å²) in [5.41, 5.74) is 0.508. The molecule has 3 aromatic rings. The van der Waals surface area contributed by atoms with Crippen LogP contribution in [0.25, 0.3) is 10.9 Å². The number of fused-ring (bicyclic) bond motifs is 1. The molecule has 3 rings (SSSR count). The molecule has 1 unspecified atom stereocenters. The molecule has 0 radical (unpaired) electrons. The summed E-state index contributed by atoms with van der Waals surface area (Å²) in [5.74, 6) is -0.382. The molecule has 8 heteroatoms. The van der Waals surface area contributed by atoms with E-state index in [-0.39, 0.29) is 28.7 Å². The van der Waals surface area contributed by atoms with Crippen molar-refractivity contribution >= 4 is 34.1 Å². The number of halogens is 2. The summed E-state index contributed by atoms with van der Waals surface area (Å²) < 4.78 is 13.9. The van der Waals surface area contributed by atoms with Gasteiger partial charge in [-0.25, -0.2) is 9.37 Å². The first-order valence-electron chi connectivity index (χ1n) is 9.52. The van der Waals surface area contributed by atoms with Crippen molar-refractivity contribution in [2.45, 2.75) is 26.3 Å². The third-order valence-corrected chi connectivity index (χ3v) is 4.81.